The molecule has 7 nitrogen and oxygen atoms in total. The van der Waals surface area contributed by atoms with Gasteiger partial charge in [-0.1, -0.05) is 47.6 Å². The zero-order valence-electron chi connectivity index (χ0n) is 16.2. The summed E-state index contributed by atoms with van der Waals surface area (Å²) in [7, 11) is 0. The van der Waals surface area contributed by atoms with Gasteiger partial charge in [0.05, 0.1) is 24.6 Å². The number of benzene rings is 2. The van der Waals surface area contributed by atoms with Crippen molar-refractivity contribution in [3.63, 3.8) is 0 Å². The highest BCUT2D eigenvalue weighted by Crippen LogP contribution is 2.26. The van der Waals surface area contributed by atoms with E-state index in [1.165, 1.54) is 0 Å². The molecular weight excluding hydrogens is 368 g/mol. The quantitative estimate of drug-likeness (QED) is 0.662. The molecule has 150 valence electrons. The van der Waals surface area contributed by atoms with E-state index in [1.54, 1.807) is 0 Å². The SMILES string of the molecule is O=C(CCCc1nc(-c2ccccc2)no1)Nc1ccccc1N1CCOCC1. The van der Waals surface area contributed by atoms with Gasteiger partial charge in [0.2, 0.25) is 17.6 Å². The van der Waals surface area contributed by atoms with Crippen molar-refractivity contribution in [3.05, 3.63) is 60.5 Å². The molecule has 1 amide bonds. The topological polar surface area (TPSA) is 80.5 Å². The van der Waals surface area contributed by atoms with Crippen LogP contribution in [0.3, 0.4) is 0 Å². The molecule has 1 N–H and O–H groups in total. The van der Waals surface area contributed by atoms with Gasteiger partial charge in [-0.25, -0.2) is 0 Å². The second-order valence-electron chi connectivity index (χ2n) is 6.90. The number of amides is 1. The molecule has 2 heterocycles. The van der Waals surface area contributed by atoms with E-state index in [0.717, 1.165) is 30.0 Å². The third kappa shape index (κ3) is 5.00. The van der Waals surface area contributed by atoms with Crippen LogP contribution in [0.5, 0.6) is 0 Å². The van der Waals surface area contributed by atoms with Gasteiger partial charge >= 0.3 is 0 Å². The molecule has 0 aliphatic carbocycles. The first-order valence-corrected chi connectivity index (χ1v) is 9.89. The summed E-state index contributed by atoms with van der Waals surface area (Å²) >= 11 is 0. The number of rotatable bonds is 7. The second-order valence-corrected chi connectivity index (χ2v) is 6.90. The Morgan fingerprint density at radius 1 is 1.03 bits per heavy atom. The number of nitrogens with one attached hydrogen (secondary N) is 1. The van der Waals surface area contributed by atoms with Crippen LogP contribution in [0.4, 0.5) is 11.4 Å². The first-order chi connectivity index (χ1) is 14.3. The van der Waals surface area contributed by atoms with Crippen LogP contribution < -0.4 is 10.2 Å². The fourth-order valence-electron chi connectivity index (χ4n) is 3.33. The summed E-state index contributed by atoms with van der Waals surface area (Å²) in [5.41, 5.74) is 2.79. The molecule has 4 rings (SSSR count). The van der Waals surface area contributed by atoms with Gasteiger partial charge in [0.25, 0.3) is 0 Å². The highest BCUT2D eigenvalue weighted by Gasteiger charge is 2.16. The van der Waals surface area contributed by atoms with E-state index in [2.05, 4.69) is 20.4 Å². The molecule has 0 spiro atoms. The Morgan fingerprint density at radius 2 is 1.79 bits per heavy atom. The van der Waals surface area contributed by atoms with E-state index < -0.39 is 0 Å². The minimum absolute atomic E-state index is 0.0199. The summed E-state index contributed by atoms with van der Waals surface area (Å²) < 4.78 is 10.7. The molecule has 2 aromatic carbocycles. The lowest BCUT2D eigenvalue weighted by molar-refractivity contribution is -0.116. The fraction of sp³-hybridized carbons (Fsp3) is 0.318. The van der Waals surface area contributed by atoms with Crippen molar-refractivity contribution in [1.29, 1.82) is 0 Å². The van der Waals surface area contributed by atoms with E-state index >= 15 is 0 Å². The van der Waals surface area contributed by atoms with Crippen molar-refractivity contribution in [3.8, 4) is 11.4 Å². The molecule has 0 radical (unpaired) electrons. The molecule has 1 saturated heterocycles. The number of carbonyl (C=O) groups excluding carboxylic acids is 1. The summed E-state index contributed by atoms with van der Waals surface area (Å²) in [6, 6.07) is 17.6. The zero-order chi connectivity index (χ0) is 19.9. The highest BCUT2D eigenvalue weighted by atomic mass is 16.5. The molecule has 1 fully saturated rings. The molecule has 0 atom stereocenters. The molecule has 0 saturated carbocycles. The molecule has 1 aliphatic rings. The predicted molar refractivity (Wildman–Crippen MR) is 111 cm³/mol. The van der Waals surface area contributed by atoms with Gasteiger partial charge in [-0.05, 0) is 18.6 Å². The molecule has 3 aromatic rings. The first kappa shape index (κ1) is 19.1. The normalized spacial score (nSPS) is 14.0. The summed E-state index contributed by atoms with van der Waals surface area (Å²) in [4.78, 5) is 19.1. The van der Waals surface area contributed by atoms with Crippen LogP contribution in [-0.4, -0.2) is 42.4 Å². The minimum atomic E-state index is -0.0199. The maximum absolute atomic E-state index is 12.4. The largest absolute Gasteiger partial charge is 0.378 e. The van der Waals surface area contributed by atoms with Crippen LogP contribution in [0, 0.1) is 0 Å². The second kappa shape index (κ2) is 9.34. The van der Waals surface area contributed by atoms with Crippen LogP contribution in [0.25, 0.3) is 11.4 Å². The number of anilines is 2. The van der Waals surface area contributed by atoms with Gasteiger partial charge < -0.3 is 19.5 Å². The Labute approximate surface area is 169 Å². The van der Waals surface area contributed by atoms with Crippen LogP contribution in [0.2, 0.25) is 0 Å². The fourth-order valence-corrected chi connectivity index (χ4v) is 3.33. The number of nitrogens with zero attached hydrogens (tertiary/aromatic N) is 3. The van der Waals surface area contributed by atoms with Crippen LogP contribution in [0.1, 0.15) is 18.7 Å². The summed E-state index contributed by atoms with van der Waals surface area (Å²) in [5.74, 6) is 1.10. The van der Waals surface area contributed by atoms with Crippen LogP contribution in [0.15, 0.2) is 59.1 Å². The smallest absolute Gasteiger partial charge is 0.226 e. The lowest BCUT2D eigenvalue weighted by atomic mass is 10.2. The molecule has 1 aliphatic heterocycles. The van der Waals surface area contributed by atoms with E-state index in [0.29, 0.717) is 44.2 Å². The predicted octanol–water partition coefficient (Wildman–Crippen LogP) is 3.53. The standard InChI is InChI=1S/C22H24N4O3/c27-20(23-18-9-4-5-10-19(18)26-13-15-28-16-14-26)11-6-12-21-24-22(25-29-21)17-7-2-1-3-8-17/h1-5,7-10H,6,11-16H2,(H,23,27). The van der Waals surface area contributed by atoms with Gasteiger partial charge in [-0.3, -0.25) is 4.79 Å². The van der Waals surface area contributed by atoms with Crippen LogP contribution in [-0.2, 0) is 16.0 Å². The average molecular weight is 392 g/mol. The molecule has 1 aromatic heterocycles. The van der Waals surface area contributed by atoms with Gasteiger partial charge in [0.15, 0.2) is 0 Å². The zero-order valence-corrected chi connectivity index (χ0v) is 16.2. The van der Waals surface area contributed by atoms with Crippen molar-refractivity contribution in [2.24, 2.45) is 0 Å². The minimum Gasteiger partial charge on any atom is -0.378 e. The van der Waals surface area contributed by atoms with Gasteiger partial charge in [-0.2, -0.15) is 4.98 Å². The Morgan fingerprint density at radius 3 is 2.62 bits per heavy atom. The number of morpholine rings is 1. The van der Waals surface area contributed by atoms with E-state index in [9.17, 15) is 4.79 Å². The Balaban J connectivity index is 1.29. The van der Waals surface area contributed by atoms with Crippen molar-refractivity contribution in [1.82, 2.24) is 10.1 Å². The van der Waals surface area contributed by atoms with Gasteiger partial charge in [-0.15, -0.1) is 0 Å². The molecular formula is C22H24N4O3. The van der Waals surface area contributed by atoms with Crippen LogP contribution >= 0.6 is 0 Å². The van der Waals surface area contributed by atoms with E-state index in [1.807, 2.05) is 54.6 Å². The number of carbonyl (C=O) groups is 1. The maximum Gasteiger partial charge on any atom is 0.226 e. The van der Waals surface area contributed by atoms with Crippen molar-refractivity contribution >= 4 is 17.3 Å². The molecule has 7 heteroatoms. The van der Waals surface area contributed by atoms with Gasteiger partial charge in [0, 0.05) is 31.5 Å². The molecule has 0 unspecified atom stereocenters. The lowest BCUT2D eigenvalue weighted by Crippen LogP contribution is -2.36. The summed E-state index contributed by atoms with van der Waals surface area (Å²) in [5, 5.41) is 7.05. The first-order valence-electron chi connectivity index (χ1n) is 9.89. The Kier molecular flexibility index (Phi) is 6.16. The molecule has 0 bridgehead atoms. The number of para-hydroxylation sites is 2. The lowest BCUT2D eigenvalue weighted by Gasteiger charge is -2.30. The van der Waals surface area contributed by atoms with Crippen molar-refractivity contribution < 1.29 is 14.1 Å². The maximum atomic E-state index is 12.4. The number of hydrogen-bond acceptors (Lipinski definition) is 6. The van der Waals surface area contributed by atoms with Crippen molar-refractivity contribution in [2.45, 2.75) is 19.3 Å². The number of hydrogen-bond donors (Lipinski definition) is 1. The van der Waals surface area contributed by atoms with Crippen molar-refractivity contribution in [2.75, 3.05) is 36.5 Å². The monoisotopic (exact) mass is 392 g/mol. The Hall–Kier alpha value is -3.19. The summed E-state index contributed by atoms with van der Waals surface area (Å²) in [6.45, 7) is 3.07. The molecule has 29 heavy (non-hydrogen) atoms. The van der Waals surface area contributed by atoms with E-state index in [4.69, 9.17) is 9.26 Å². The number of aromatic nitrogens is 2. The van der Waals surface area contributed by atoms with E-state index in [-0.39, 0.29) is 5.91 Å². The summed E-state index contributed by atoms with van der Waals surface area (Å²) in [6.07, 6.45) is 1.60. The average Bonchev–Trinajstić information content (AvgIpc) is 3.24. The van der Waals surface area contributed by atoms with Gasteiger partial charge in [0.1, 0.15) is 0 Å². The Bertz CT molecular complexity index is 936. The highest BCUT2D eigenvalue weighted by molar-refractivity contribution is 5.94. The third-order valence-electron chi connectivity index (χ3n) is 4.82. The number of ether oxygens (including phenoxy) is 1. The third-order valence-corrected chi connectivity index (χ3v) is 4.82. The number of aryl methyl sites for hydroxylation is 1.